The largest absolute Gasteiger partial charge is 0.370 e. The van der Waals surface area contributed by atoms with Crippen molar-refractivity contribution in [2.45, 2.75) is 38.8 Å². The smallest absolute Gasteiger partial charge is 0.194 e. The fourth-order valence-electron chi connectivity index (χ4n) is 4.10. The third-order valence-corrected chi connectivity index (χ3v) is 5.70. The van der Waals surface area contributed by atoms with Gasteiger partial charge in [-0.05, 0) is 43.9 Å². The van der Waals surface area contributed by atoms with Crippen molar-refractivity contribution in [3.63, 3.8) is 0 Å². The van der Waals surface area contributed by atoms with Crippen LogP contribution in [0.5, 0.6) is 0 Å². The van der Waals surface area contributed by atoms with Crippen molar-refractivity contribution >= 4 is 35.8 Å². The van der Waals surface area contributed by atoms with Crippen LogP contribution in [0, 0.1) is 0 Å². The Morgan fingerprint density at radius 2 is 2.10 bits per heavy atom. The molecule has 2 aliphatic heterocycles. The van der Waals surface area contributed by atoms with E-state index in [0.717, 1.165) is 50.1 Å². The molecule has 2 aliphatic rings. The van der Waals surface area contributed by atoms with Crippen LogP contribution >= 0.6 is 24.0 Å². The first-order valence-corrected chi connectivity index (χ1v) is 11.1. The topological polar surface area (TPSA) is 70.8 Å². The zero-order valence-electron chi connectivity index (χ0n) is 18.5. The molecule has 2 saturated heterocycles. The number of nitrogens with one attached hydrogen (secondary N) is 1. The molecule has 2 aromatic heterocycles. The summed E-state index contributed by atoms with van der Waals surface area (Å²) < 4.78 is 7.81. The Kier molecular flexibility index (Phi) is 8.94. The van der Waals surface area contributed by atoms with Crippen LogP contribution in [0.1, 0.15) is 43.4 Å². The first kappa shape index (κ1) is 23.8. The van der Waals surface area contributed by atoms with E-state index in [2.05, 4.69) is 44.3 Å². The molecule has 0 radical (unpaired) electrons. The number of hydrogen-bond donors (Lipinski definition) is 1. The van der Waals surface area contributed by atoms with E-state index in [0.29, 0.717) is 13.2 Å². The van der Waals surface area contributed by atoms with Crippen LogP contribution in [0.4, 0.5) is 5.82 Å². The molecule has 0 amide bonds. The molecule has 1 atom stereocenters. The zero-order valence-corrected chi connectivity index (χ0v) is 20.9. The van der Waals surface area contributed by atoms with E-state index in [4.69, 9.17) is 9.73 Å². The summed E-state index contributed by atoms with van der Waals surface area (Å²) in [5.74, 6) is 2.02. The highest BCUT2D eigenvalue weighted by molar-refractivity contribution is 14.0. The summed E-state index contributed by atoms with van der Waals surface area (Å²) >= 11 is 0. The van der Waals surface area contributed by atoms with E-state index in [1.54, 1.807) is 0 Å². The molecular formula is C22H34IN7O. The molecule has 0 spiro atoms. The maximum Gasteiger partial charge on any atom is 0.194 e. The van der Waals surface area contributed by atoms with Gasteiger partial charge in [0.1, 0.15) is 11.9 Å². The van der Waals surface area contributed by atoms with Crippen molar-refractivity contribution < 1.29 is 4.74 Å². The van der Waals surface area contributed by atoms with E-state index in [1.807, 2.05) is 30.3 Å². The second kappa shape index (κ2) is 11.7. The Bertz CT molecular complexity index is 850. The van der Waals surface area contributed by atoms with Gasteiger partial charge in [0.05, 0.1) is 25.9 Å². The van der Waals surface area contributed by atoms with Gasteiger partial charge in [0.2, 0.25) is 0 Å². The maximum absolute atomic E-state index is 5.99. The van der Waals surface area contributed by atoms with Crippen molar-refractivity contribution in [3.8, 4) is 0 Å². The summed E-state index contributed by atoms with van der Waals surface area (Å²) in [6, 6.07) is 4.26. The Morgan fingerprint density at radius 3 is 2.84 bits per heavy atom. The van der Waals surface area contributed by atoms with E-state index in [-0.39, 0.29) is 30.1 Å². The molecule has 31 heavy (non-hydrogen) atoms. The normalized spacial score (nSPS) is 19.8. The fourth-order valence-corrected chi connectivity index (χ4v) is 4.10. The molecule has 2 aromatic rings. The van der Waals surface area contributed by atoms with Crippen LogP contribution in [0.15, 0.2) is 35.7 Å². The van der Waals surface area contributed by atoms with Gasteiger partial charge in [-0.2, -0.15) is 5.10 Å². The average Bonchev–Trinajstić information content (AvgIpc) is 3.24. The summed E-state index contributed by atoms with van der Waals surface area (Å²) in [6.07, 6.45) is 9.67. The minimum Gasteiger partial charge on any atom is -0.370 e. The number of ether oxygens (including phenoxy) is 1. The molecule has 4 rings (SSSR count). The summed E-state index contributed by atoms with van der Waals surface area (Å²) in [4.78, 5) is 14.2. The quantitative estimate of drug-likeness (QED) is 0.358. The van der Waals surface area contributed by atoms with E-state index < -0.39 is 0 Å². The van der Waals surface area contributed by atoms with Gasteiger partial charge in [0.15, 0.2) is 5.96 Å². The summed E-state index contributed by atoms with van der Waals surface area (Å²) in [7, 11) is 1.93. The van der Waals surface area contributed by atoms with Gasteiger partial charge in [-0.1, -0.05) is 0 Å². The number of nitrogens with zero attached hydrogens (tertiary/aromatic N) is 6. The Hall–Kier alpha value is -1.88. The molecule has 170 valence electrons. The van der Waals surface area contributed by atoms with Gasteiger partial charge in [-0.25, -0.2) is 9.98 Å². The van der Waals surface area contributed by atoms with E-state index >= 15 is 0 Å². The molecule has 2 fully saturated rings. The number of morpholine rings is 1. The highest BCUT2D eigenvalue weighted by atomic mass is 127. The molecule has 8 nitrogen and oxygen atoms in total. The summed E-state index contributed by atoms with van der Waals surface area (Å²) in [5, 5.41) is 7.73. The van der Waals surface area contributed by atoms with Crippen molar-refractivity contribution in [3.05, 3.63) is 41.9 Å². The number of pyridine rings is 1. The van der Waals surface area contributed by atoms with Gasteiger partial charge in [0.25, 0.3) is 0 Å². The Morgan fingerprint density at radius 1 is 1.26 bits per heavy atom. The molecule has 1 unspecified atom stereocenters. The van der Waals surface area contributed by atoms with Crippen LogP contribution in [-0.4, -0.2) is 65.0 Å². The van der Waals surface area contributed by atoms with Gasteiger partial charge in [-0.15, -0.1) is 24.0 Å². The SMILES string of the molecule is CCNC(=NCc1ccnc(N2CCCCC2)c1)N1CCOC(c2cnn(C)c2)C1.I. The predicted octanol–water partition coefficient (Wildman–Crippen LogP) is 2.96. The average molecular weight is 539 g/mol. The second-order valence-electron chi connectivity index (χ2n) is 7.99. The van der Waals surface area contributed by atoms with Crippen LogP contribution < -0.4 is 10.2 Å². The number of anilines is 1. The third kappa shape index (κ3) is 6.31. The maximum atomic E-state index is 5.99. The molecule has 0 saturated carbocycles. The van der Waals surface area contributed by atoms with Crippen LogP contribution in [0.25, 0.3) is 0 Å². The first-order valence-electron chi connectivity index (χ1n) is 11.1. The van der Waals surface area contributed by atoms with Gasteiger partial charge in [0, 0.05) is 51.2 Å². The van der Waals surface area contributed by atoms with Crippen molar-refractivity contribution in [1.82, 2.24) is 25.0 Å². The summed E-state index contributed by atoms with van der Waals surface area (Å²) in [6.45, 7) is 8.07. The van der Waals surface area contributed by atoms with Crippen LogP contribution in [0.3, 0.4) is 0 Å². The number of aryl methyl sites for hydroxylation is 1. The fraction of sp³-hybridized carbons (Fsp3) is 0.591. The lowest BCUT2D eigenvalue weighted by Gasteiger charge is -2.34. The number of piperidine rings is 1. The second-order valence-corrected chi connectivity index (χ2v) is 7.99. The molecule has 4 heterocycles. The van der Waals surface area contributed by atoms with Crippen molar-refractivity contribution in [2.75, 3.05) is 44.2 Å². The van der Waals surface area contributed by atoms with Crippen LogP contribution in [-0.2, 0) is 18.3 Å². The van der Waals surface area contributed by atoms with E-state index in [1.165, 1.54) is 24.8 Å². The van der Waals surface area contributed by atoms with Gasteiger partial charge in [-0.3, -0.25) is 4.68 Å². The number of aliphatic imine (C=N–C) groups is 1. The number of halogens is 1. The lowest BCUT2D eigenvalue weighted by molar-refractivity contribution is -0.00805. The van der Waals surface area contributed by atoms with Crippen molar-refractivity contribution in [2.24, 2.45) is 12.0 Å². The van der Waals surface area contributed by atoms with Crippen LogP contribution in [0.2, 0.25) is 0 Å². The van der Waals surface area contributed by atoms with Crippen molar-refractivity contribution in [1.29, 1.82) is 0 Å². The number of rotatable bonds is 5. The predicted molar refractivity (Wildman–Crippen MR) is 134 cm³/mol. The minimum atomic E-state index is 0. The number of hydrogen-bond acceptors (Lipinski definition) is 5. The van der Waals surface area contributed by atoms with E-state index in [9.17, 15) is 0 Å². The molecule has 0 bridgehead atoms. The molecular weight excluding hydrogens is 505 g/mol. The zero-order chi connectivity index (χ0) is 20.8. The number of aromatic nitrogens is 3. The molecule has 9 heteroatoms. The highest BCUT2D eigenvalue weighted by Gasteiger charge is 2.25. The third-order valence-electron chi connectivity index (χ3n) is 5.70. The monoisotopic (exact) mass is 539 g/mol. The lowest BCUT2D eigenvalue weighted by Crippen LogP contribution is -2.48. The highest BCUT2D eigenvalue weighted by Crippen LogP contribution is 2.22. The summed E-state index contributed by atoms with van der Waals surface area (Å²) in [5.41, 5.74) is 2.30. The van der Waals surface area contributed by atoms with Gasteiger partial charge < -0.3 is 19.9 Å². The first-order chi connectivity index (χ1) is 14.7. The molecule has 1 N–H and O–H groups in total. The standard InChI is InChI=1S/C22H33N7O.HI/c1-3-23-22(29-11-12-30-20(17-29)19-15-26-27(2)16-19)25-14-18-7-8-24-21(13-18)28-9-5-4-6-10-28;/h7-8,13,15-16,20H,3-6,9-12,14,17H2,1-2H3,(H,23,25);1H. The number of guanidine groups is 1. The Labute approximate surface area is 202 Å². The van der Waals surface area contributed by atoms with Gasteiger partial charge >= 0.3 is 0 Å². The molecule has 0 aromatic carbocycles. The Balaban J connectivity index is 0.00000272. The molecule has 0 aliphatic carbocycles. The minimum absolute atomic E-state index is 0. The lowest BCUT2D eigenvalue weighted by atomic mass is 10.1.